The minimum absolute atomic E-state index is 0.202. The summed E-state index contributed by atoms with van der Waals surface area (Å²) in [5.74, 6) is 1.000. The van der Waals surface area contributed by atoms with Crippen molar-refractivity contribution in [2.75, 3.05) is 6.79 Å². The first-order valence-corrected chi connectivity index (χ1v) is 5.44. The van der Waals surface area contributed by atoms with Crippen molar-refractivity contribution in [2.45, 2.75) is 20.3 Å². The number of fused-ring (bicyclic) bond motifs is 1. The maximum Gasteiger partial charge on any atom is 0.271 e. The number of nitrogens with zero attached hydrogens (tertiary/aromatic N) is 1. The smallest absolute Gasteiger partial charge is 0.271 e. The van der Waals surface area contributed by atoms with E-state index in [1.165, 1.54) is 0 Å². The second-order valence-electron chi connectivity index (χ2n) is 3.71. The quantitative estimate of drug-likeness (QED) is 0.642. The summed E-state index contributed by atoms with van der Waals surface area (Å²) < 4.78 is 10.4. The van der Waals surface area contributed by atoms with Crippen molar-refractivity contribution >= 4 is 11.6 Å². The van der Waals surface area contributed by atoms with Crippen LogP contribution in [0.3, 0.4) is 0 Å². The third-order valence-electron chi connectivity index (χ3n) is 2.49. The predicted octanol–water partition coefficient (Wildman–Crippen LogP) is 1.93. The molecule has 1 aliphatic heterocycles. The van der Waals surface area contributed by atoms with Gasteiger partial charge >= 0.3 is 0 Å². The second kappa shape index (κ2) is 4.86. The van der Waals surface area contributed by atoms with Gasteiger partial charge in [0.25, 0.3) is 5.91 Å². The van der Waals surface area contributed by atoms with E-state index in [0.717, 1.165) is 12.1 Å². The van der Waals surface area contributed by atoms with Crippen molar-refractivity contribution in [3.05, 3.63) is 23.8 Å². The Bertz CT molecular complexity index is 469. The van der Waals surface area contributed by atoms with E-state index in [1.807, 2.05) is 13.8 Å². The molecule has 1 aromatic rings. The van der Waals surface area contributed by atoms with E-state index in [0.29, 0.717) is 17.1 Å². The van der Waals surface area contributed by atoms with Gasteiger partial charge in [0.2, 0.25) is 6.79 Å². The summed E-state index contributed by atoms with van der Waals surface area (Å²) in [6, 6.07) is 5.04. The summed E-state index contributed by atoms with van der Waals surface area (Å²) in [5.41, 5.74) is 3.87. The molecular weight excluding hydrogens is 220 g/mol. The Kier molecular flexibility index (Phi) is 3.27. The number of hydrogen-bond donors (Lipinski definition) is 1. The van der Waals surface area contributed by atoms with Crippen molar-refractivity contribution in [1.82, 2.24) is 5.43 Å². The minimum Gasteiger partial charge on any atom is -0.454 e. The molecule has 0 bridgehead atoms. The molecule has 90 valence electrons. The Morgan fingerprint density at radius 1 is 1.41 bits per heavy atom. The van der Waals surface area contributed by atoms with Crippen molar-refractivity contribution in [2.24, 2.45) is 5.10 Å². The summed E-state index contributed by atoms with van der Waals surface area (Å²) in [7, 11) is 0. The van der Waals surface area contributed by atoms with Crippen LogP contribution in [0, 0.1) is 0 Å². The molecule has 2 rings (SSSR count). The zero-order valence-electron chi connectivity index (χ0n) is 9.82. The lowest BCUT2D eigenvalue weighted by atomic mass is 10.2. The van der Waals surface area contributed by atoms with E-state index < -0.39 is 0 Å². The highest BCUT2D eigenvalue weighted by Crippen LogP contribution is 2.32. The van der Waals surface area contributed by atoms with E-state index in [9.17, 15) is 4.79 Å². The highest BCUT2D eigenvalue weighted by Gasteiger charge is 2.15. The van der Waals surface area contributed by atoms with Gasteiger partial charge in [-0.1, -0.05) is 6.92 Å². The topological polar surface area (TPSA) is 59.9 Å². The van der Waals surface area contributed by atoms with Crippen LogP contribution in [0.5, 0.6) is 11.5 Å². The molecule has 1 N–H and O–H groups in total. The molecule has 1 aliphatic rings. The van der Waals surface area contributed by atoms with Gasteiger partial charge in [-0.3, -0.25) is 4.79 Å². The fraction of sp³-hybridized carbons (Fsp3) is 0.333. The largest absolute Gasteiger partial charge is 0.454 e. The van der Waals surface area contributed by atoms with Crippen LogP contribution in [0.4, 0.5) is 0 Å². The summed E-state index contributed by atoms with van der Waals surface area (Å²) in [6.45, 7) is 4.04. The standard InChI is InChI=1S/C12H14N2O3/c1-3-8(2)13-14-12(15)9-4-5-10-11(6-9)17-7-16-10/h4-6H,3,7H2,1-2H3,(H,14,15)/b13-8-. The summed E-state index contributed by atoms with van der Waals surface area (Å²) in [4.78, 5) is 11.8. The monoisotopic (exact) mass is 234 g/mol. The minimum atomic E-state index is -0.254. The van der Waals surface area contributed by atoms with Gasteiger partial charge in [-0.15, -0.1) is 0 Å². The van der Waals surface area contributed by atoms with Crippen LogP contribution in [-0.2, 0) is 0 Å². The Morgan fingerprint density at radius 3 is 2.94 bits per heavy atom. The highest BCUT2D eigenvalue weighted by atomic mass is 16.7. The second-order valence-corrected chi connectivity index (χ2v) is 3.71. The molecule has 1 heterocycles. The first-order chi connectivity index (χ1) is 8.20. The van der Waals surface area contributed by atoms with Gasteiger partial charge in [-0.2, -0.15) is 5.10 Å². The van der Waals surface area contributed by atoms with Crippen LogP contribution >= 0.6 is 0 Å². The SMILES string of the molecule is CC/C(C)=N\NC(=O)c1ccc2c(c1)OCO2. The van der Waals surface area contributed by atoms with E-state index >= 15 is 0 Å². The van der Waals surface area contributed by atoms with Crippen molar-refractivity contribution in [3.8, 4) is 11.5 Å². The van der Waals surface area contributed by atoms with E-state index in [2.05, 4.69) is 10.5 Å². The highest BCUT2D eigenvalue weighted by molar-refractivity contribution is 5.95. The zero-order chi connectivity index (χ0) is 12.3. The number of nitrogens with one attached hydrogen (secondary N) is 1. The Balaban J connectivity index is 2.10. The number of carbonyl (C=O) groups is 1. The molecule has 0 fully saturated rings. The molecule has 0 atom stereocenters. The zero-order valence-corrected chi connectivity index (χ0v) is 9.82. The maximum absolute atomic E-state index is 11.8. The Morgan fingerprint density at radius 2 is 2.18 bits per heavy atom. The van der Waals surface area contributed by atoms with Crippen LogP contribution in [-0.4, -0.2) is 18.4 Å². The van der Waals surface area contributed by atoms with Gasteiger partial charge in [-0.05, 0) is 31.5 Å². The third kappa shape index (κ3) is 2.55. The van der Waals surface area contributed by atoms with Gasteiger partial charge in [0, 0.05) is 11.3 Å². The molecule has 0 aromatic heterocycles. The summed E-state index contributed by atoms with van der Waals surface area (Å²) in [6.07, 6.45) is 0.807. The van der Waals surface area contributed by atoms with Gasteiger partial charge in [-0.25, -0.2) is 5.43 Å². The number of carbonyl (C=O) groups excluding carboxylic acids is 1. The number of hydrazone groups is 1. The summed E-state index contributed by atoms with van der Waals surface area (Å²) >= 11 is 0. The van der Waals surface area contributed by atoms with Gasteiger partial charge in [0.05, 0.1) is 0 Å². The lowest BCUT2D eigenvalue weighted by molar-refractivity contribution is 0.0954. The molecular formula is C12H14N2O3. The van der Waals surface area contributed by atoms with Crippen LogP contribution < -0.4 is 14.9 Å². The number of hydrogen-bond acceptors (Lipinski definition) is 4. The summed E-state index contributed by atoms with van der Waals surface area (Å²) in [5, 5.41) is 3.96. The van der Waals surface area contributed by atoms with Crippen LogP contribution in [0.2, 0.25) is 0 Å². The maximum atomic E-state index is 11.8. The average molecular weight is 234 g/mol. The third-order valence-corrected chi connectivity index (χ3v) is 2.49. The number of rotatable bonds is 3. The molecule has 0 spiro atoms. The van der Waals surface area contributed by atoms with Crippen LogP contribution in [0.25, 0.3) is 0 Å². The molecule has 0 saturated carbocycles. The predicted molar refractivity (Wildman–Crippen MR) is 63.4 cm³/mol. The molecule has 1 amide bonds. The molecule has 5 heteroatoms. The molecule has 5 nitrogen and oxygen atoms in total. The molecule has 17 heavy (non-hydrogen) atoms. The van der Waals surface area contributed by atoms with E-state index in [4.69, 9.17) is 9.47 Å². The Labute approximate surface area is 99.4 Å². The fourth-order valence-electron chi connectivity index (χ4n) is 1.33. The van der Waals surface area contributed by atoms with Gasteiger partial charge < -0.3 is 9.47 Å². The fourth-order valence-corrected chi connectivity index (χ4v) is 1.33. The van der Waals surface area contributed by atoms with Crippen LogP contribution in [0.1, 0.15) is 30.6 Å². The molecule has 1 aromatic carbocycles. The molecule has 0 aliphatic carbocycles. The van der Waals surface area contributed by atoms with E-state index in [-0.39, 0.29) is 12.7 Å². The lowest BCUT2D eigenvalue weighted by Crippen LogP contribution is -2.18. The number of ether oxygens (including phenoxy) is 2. The van der Waals surface area contributed by atoms with Crippen molar-refractivity contribution in [1.29, 1.82) is 0 Å². The first kappa shape index (κ1) is 11.4. The Hall–Kier alpha value is -2.04. The first-order valence-electron chi connectivity index (χ1n) is 5.44. The molecule has 0 radical (unpaired) electrons. The van der Waals surface area contributed by atoms with Crippen molar-refractivity contribution in [3.63, 3.8) is 0 Å². The number of amides is 1. The number of benzene rings is 1. The lowest BCUT2D eigenvalue weighted by Gasteiger charge is -2.02. The normalized spacial score (nSPS) is 13.6. The van der Waals surface area contributed by atoms with Gasteiger partial charge in [0.1, 0.15) is 0 Å². The molecule has 0 saturated heterocycles. The van der Waals surface area contributed by atoms with Gasteiger partial charge in [0.15, 0.2) is 11.5 Å². The van der Waals surface area contributed by atoms with Crippen molar-refractivity contribution < 1.29 is 14.3 Å². The van der Waals surface area contributed by atoms with E-state index in [1.54, 1.807) is 18.2 Å². The van der Waals surface area contributed by atoms with Crippen LogP contribution in [0.15, 0.2) is 23.3 Å². The average Bonchev–Trinajstić information content (AvgIpc) is 2.82. The molecule has 0 unspecified atom stereocenters.